The van der Waals surface area contributed by atoms with Crippen LogP contribution in [-0.2, 0) is 0 Å². The summed E-state index contributed by atoms with van der Waals surface area (Å²) in [7, 11) is 0. The maximum atomic E-state index is 13.7. The van der Waals surface area contributed by atoms with E-state index in [1.54, 1.807) is 12.1 Å². The zero-order chi connectivity index (χ0) is 14.1. The summed E-state index contributed by atoms with van der Waals surface area (Å²) in [6.45, 7) is 0. The summed E-state index contributed by atoms with van der Waals surface area (Å²) in [5.41, 5.74) is 0.641. The van der Waals surface area contributed by atoms with Crippen LogP contribution in [0.25, 0.3) is 22.8 Å². The van der Waals surface area contributed by atoms with Gasteiger partial charge in [0.25, 0.3) is 5.89 Å². The Morgan fingerprint density at radius 1 is 1.10 bits per heavy atom. The SMILES string of the molecule is Oc1cccc(F)c1-c1nc(-c2ccc(Br)cc2)no1. The number of aromatic nitrogens is 2. The van der Waals surface area contributed by atoms with E-state index in [4.69, 9.17) is 4.52 Å². The summed E-state index contributed by atoms with van der Waals surface area (Å²) in [5, 5.41) is 13.5. The van der Waals surface area contributed by atoms with E-state index in [1.807, 2.05) is 12.1 Å². The minimum absolute atomic E-state index is 0.0569. The molecule has 3 rings (SSSR count). The summed E-state index contributed by atoms with van der Waals surface area (Å²) in [5.74, 6) is -0.583. The van der Waals surface area contributed by atoms with Crippen molar-refractivity contribution < 1.29 is 14.0 Å². The summed E-state index contributed by atoms with van der Waals surface area (Å²) in [6, 6.07) is 11.3. The van der Waals surface area contributed by atoms with E-state index in [-0.39, 0.29) is 17.2 Å². The highest BCUT2D eigenvalue weighted by atomic mass is 79.9. The molecule has 1 aromatic heterocycles. The predicted octanol–water partition coefficient (Wildman–Crippen LogP) is 4.01. The van der Waals surface area contributed by atoms with Crippen LogP contribution in [0.4, 0.5) is 4.39 Å². The van der Waals surface area contributed by atoms with Crippen molar-refractivity contribution in [2.45, 2.75) is 0 Å². The highest BCUT2D eigenvalue weighted by molar-refractivity contribution is 9.10. The van der Waals surface area contributed by atoms with Crippen molar-refractivity contribution in [2.24, 2.45) is 0 Å². The smallest absolute Gasteiger partial charge is 0.265 e. The number of aromatic hydroxyl groups is 1. The Bertz CT molecular complexity index is 736. The van der Waals surface area contributed by atoms with Crippen LogP contribution >= 0.6 is 15.9 Å². The van der Waals surface area contributed by atoms with Crippen LogP contribution < -0.4 is 0 Å². The van der Waals surface area contributed by atoms with Crippen molar-refractivity contribution in [3.05, 3.63) is 52.8 Å². The Morgan fingerprint density at radius 2 is 1.85 bits per heavy atom. The molecule has 2 aromatic carbocycles. The third kappa shape index (κ3) is 2.30. The molecule has 0 unspecified atom stereocenters. The highest BCUT2D eigenvalue weighted by Crippen LogP contribution is 2.31. The lowest BCUT2D eigenvalue weighted by Gasteiger charge is -1.99. The fourth-order valence-electron chi connectivity index (χ4n) is 1.77. The van der Waals surface area contributed by atoms with Gasteiger partial charge in [-0.25, -0.2) is 4.39 Å². The average Bonchev–Trinajstić information content (AvgIpc) is 2.89. The Labute approximate surface area is 122 Å². The van der Waals surface area contributed by atoms with Gasteiger partial charge in [0, 0.05) is 10.0 Å². The molecule has 0 atom stereocenters. The van der Waals surface area contributed by atoms with E-state index in [2.05, 4.69) is 26.1 Å². The molecule has 0 bridgehead atoms. The normalized spacial score (nSPS) is 10.7. The Kier molecular flexibility index (Phi) is 3.23. The lowest BCUT2D eigenvalue weighted by molar-refractivity contribution is 0.421. The Morgan fingerprint density at radius 3 is 2.55 bits per heavy atom. The molecule has 20 heavy (non-hydrogen) atoms. The number of nitrogens with zero attached hydrogens (tertiary/aromatic N) is 2. The van der Waals surface area contributed by atoms with Gasteiger partial charge in [-0.05, 0) is 36.4 Å². The van der Waals surface area contributed by atoms with Crippen LogP contribution in [0, 0.1) is 5.82 Å². The predicted molar refractivity (Wildman–Crippen MR) is 74.5 cm³/mol. The molecule has 0 aliphatic heterocycles. The number of benzene rings is 2. The van der Waals surface area contributed by atoms with Gasteiger partial charge < -0.3 is 9.63 Å². The van der Waals surface area contributed by atoms with E-state index in [1.165, 1.54) is 18.2 Å². The molecule has 0 fully saturated rings. The van der Waals surface area contributed by atoms with Gasteiger partial charge in [-0.15, -0.1) is 0 Å². The second-order valence-electron chi connectivity index (χ2n) is 4.06. The average molecular weight is 335 g/mol. The summed E-state index contributed by atoms with van der Waals surface area (Å²) in [4.78, 5) is 4.11. The van der Waals surface area contributed by atoms with E-state index < -0.39 is 5.82 Å². The fraction of sp³-hybridized carbons (Fsp3) is 0. The van der Waals surface area contributed by atoms with Crippen molar-refractivity contribution in [3.63, 3.8) is 0 Å². The first kappa shape index (κ1) is 12.8. The van der Waals surface area contributed by atoms with Crippen molar-refractivity contribution >= 4 is 15.9 Å². The summed E-state index contributed by atoms with van der Waals surface area (Å²) < 4.78 is 19.7. The molecule has 100 valence electrons. The molecule has 0 aliphatic carbocycles. The van der Waals surface area contributed by atoms with Crippen LogP contribution in [0.5, 0.6) is 5.75 Å². The Balaban J connectivity index is 2.04. The zero-order valence-corrected chi connectivity index (χ0v) is 11.6. The van der Waals surface area contributed by atoms with Crippen molar-refractivity contribution in [2.75, 3.05) is 0 Å². The molecule has 6 heteroatoms. The van der Waals surface area contributed by atoms with E-state index in [0.717, 1.165) is 10.0 Å². The molecule has 0 spiro atoms. The first-order valence-corrected chi connectivity index (χ1v) is 6.52. The first-order valence-electron chi connectivity index (χ1n) is 5.72. The van der Waals surface area contributed by atoms with Gasteiger partial charge in [0.05, 0.1) is 0 Å². The zero-order valence-electron chi connectivity index (χ0n) is 10.0. The number of halogens is 2. The van der Waals surface area contributed by atoms with Crippen LogP contribution in [0.1, 0.15) is 0 Å². The highest BCUT2D eigenvalue weighted by Gasteiger charge is 2.18. The third-order valence-corrected chi connectivity index (χ3v) is 3.26. The summed E-state index contributed by atoms with van der Waals surface area (Å²) in [6.07, 6.45) is 0. The fourth-order valence-corrected chi connectivity index (χ4v) is 2.03. The second-order valence-corrected chi connectivity index (χ2v) is 4.98. The lowest BCUT2D eigenvalue weighted by Crippen LogP contribution is -1.85. The quantitative estimate of drug-likeness (QED) is 0.769. The maximum Gasteiger partial charge on any atom is 0.265 e. The van der Waals surface area contributed by atoms with Gasteiger partial charge in [0.15, 0.2) is 0 Å². The van der Waals surface area contributed by atoms with E-state index in [9.17, 15) is 9.50 Å². The largest absolute Gasteiger partial charge is 0.507 e. The number of rotatable bonds is 2. The molecule has 1 N–H and O–H groups in total. The van der Waals surface area contributed by atoms with Gasteiger partial charge in [-0.2, -0.15) is 4.98 Å². The molecular weight excluding hydrogens is 327 g/mol. The Hall–Kier alpha value is -2.21. The molecule has 0 saturated heterocycles. The number of phenolic OH excluding ortho intramolecular Hbond substituents is 1. The molecule has 0 saturated carbocycles. The molecule has 4 nitrogen and oxygen atoms in total. The van der Waals surface area contributed by atoms with Crippen molar-refractivity contribution in [1.82, 2.24) is 10.1 Å². The van der Waals surface area contributed by atoms with Gasteiger partial charge in [0.2, 0.25) is 5.82 Å². The van der Waals surface area contributed by atoms with Crippen LogP contribution in [0.3, 0.4) is 0 Å². The topological polar surface area (TPSA) is 59.2 Å². The van der Waals surface area contributed by atoms with Gasteiger partial charge in [-0.3, -0.25) is 0 Å². The van der Waals surface area contributed by atoms with Crippen LogP contribution in [0.15, 0.2) is 51.5 Å². The van der Waals surface area contributed by atoms with E-state index >= 15 is 0 Å². The monoisotopic (exact) mass is 334 g/mol. The second kappa shape index (κ2) is 5.05. The minimum atomic E-state index is -0.615. The van der Waals surface area contributed by atoms with Gasteiger partial charge in [0.1, 0.15) is 17.1 Å². The van der Waals surface area contributed by atoms with Gasteiger partial charge in [-0.1, -0.05) is 27.2 Å². The van der Waals surface area contributed by atoms with Crippen molar-refractivity contribution in [1.29, 1.82) is 0 Å². The van der Waals surface area contributed by atoms with E-state index in [0.29, 0.717) is 5.82 Å². The van der Waals surface area contributed by atoms with Gasteiger partial charge >= 0.3 is 0 Å². The third-order valence-electron chi connectivity index (χ3n) is 2.73. The molecule has 0 radical (unpaired) electrons. The van der Waals surface area contributed by atoms with Crippen molar-refractivity contribution in [3.8, 4) is 28.6 Å². The standard InChI is InChI=1S/C14H8BrFN2O2/c15-9-6-4-8(5-7-9)13-17-14(20-18-13)12-10(16)2-1-3-11(12)19/h1-7,19H. The lowest BCUT2D eigenvalue weighted by atomic mass is 10.2. The summed E-state index contributed by atoms with van der Waals surface area (Å²) >= 11 is 3.33. The molecule has 3 aromatic rings. The number of phenols is 1. The minimum Gasteiger partial charge on any atom is -0.507 e. The molecular formula is C14H8BrFN2O2. The number of hydrogen-bond acceptors (Lipinski definition) is 4. The molecule has 1 heterocycles. The van der Waals surface area contributed by atoms with Crippen LogP contribution in [-0.4, -0.2) is 15.2 Å². The first-order chi connectivity index (χ1) is 9.65. The number of hydrogen-bond donors (Lipinski definition) is 1. The maximum absolute atomic E-state index is 13.7. The molecule has 0 amide bonds. The van der Waals surface area contributed by atoms with Crippen LogP contribution in [0.2, 0.25) is 0 Å². The molecule has 0 aliphatic rings.